The molecule has 1 aliphatic heterocycles. The molecule has 0 bridgehead atoms. The van der Waals surface area contributed by atoms with Gasteiger partial charge in [0.15, 0.2) is 17.0 Å². The average molecular weight is 751 g/mol. The van der Waals surface area contributed by atoms with E-state index in [1.807, 2.05) is 52.8 Å². The minimum absolute atomic E-state index is 0. The van der Waals surface area contributed by atoms with Crippen LogP contribution in [0.25, 0.3) is 11.2 Å². The number of nitrogens with zero attached hydrogens (tertiary/aromatic N) is 9. The highest BCUT2D eigenvalue weighted by molar-refractivity contribution is 5.89. The third kappa shape index (κ3) is 7.56. The van der Waals surface area contributed by atoms with E-state index in [0.717, 1.165) is 16.8 Å². The molecule has 0 radical (unpaired) electrons. The second-order valence-corrected chi connectivity index (χ2v) is 13.6. The number of fused-ring (bicyclic) bond motifs is 1. The van der Waals surface area contributed by atoms with Gasteiger partial charge in [-0.15, -0.1) is 12.4 Å². The number of aryl methyl sites for hydroxylation is 1. The van der Waals surface area contributed by atoms with E-state index >= 15 is 0 Å². The number of imidazole rings is 1. The van der Waals surface area contributed by atoms with Gasteiger partial charge in [-0.3, -0.25) is 4.98 Å². The summed E-state index contributed by atoms with van der Waals surface area (Å²) < 4.78 is 1.84. The summed E-state index contributed by atoms with van der Waals surface area (Å²) in [4.78, 5) is 35.2. The molecule has 5 atom stereocenters. The Morgan fingerprint density at radius 1 is 0.944 bits per heavy atom. The van der Waals surface area contributed by atoms with E-state index in [1.165, 1.54) is 4.80 Å². The number of carbonyl (C=O) groups excluding carboxylic acids is 1. The zero-order valence-corrected chi connectivity index (χ0v) is 30.5. The summed E-state index contributed by atoms with van der Waals surface area (Å²) in [5.41, 5.74) is 4.87. The van der Waals surface area contributed by atoms with Crippen LogP contribution in [-0.4, -0.2) is 93.6 Å². The highest BCUT2D eigenvalue weighted by Gasteiger charge is 2.45. The predicted molar refractivity (Wildman–Crippen MR) is 207 cm³/mol. The Morgan fingerprint density at radius 2 is 1.65 bits per heavy atom. The van der Waals surface area contributed by atoms with Gasteiger partial charge in [0.25, 0.3) is 0 Å². The lowest BCUT2D eigenvalue weighted by Crippen LogP contribution is -2.40. The van der Waals surface area contributed by atoms with Crippen LogP contribution in [0.15, 0.2) is 97.7 Å². The molecule has 2 aromatic carbocycles. The number of aliphatic hydroxyl groups excluding tert-OH is 2. The fraction of sp³-hybridized carbons (Fsp3) is 0.342. The van der Waals surface area contributed by atoms with Gasteiger partial charge in [-0.2, -0.15) is 25.0 Å². The van der Waals surface area contributed by atoms with Gasteiger partial charge < -0.3 is 35.6 Å². The molecule has 2 amide bonds. The lowest BCUT2D eigenvalue weighted by atomic mass is 9.91. The SMILES string of the molecule is CCc1cnn([C@H]2C[C@@H](n3cnc4c(NCC(c5ccccc5)c5ccccc5)nc(N5CC[C@@H](NC(=O)Nc6ccncc6)C5)nc43)[C@H](O)[C@@H]2O)n1.Cl. The number of hydrogen-bond acceptors (Lipinski definition) is 11. The second-order valence-electron chi connectivity index (χ2n) is 13.6. The number of carbonyl (C=O) groups is 1. The Labute approximate surface area is 318 Å². The maximum Gasteiger partial charge on any atom is 0.319 e. The van der Waals surface area contributed by atoms with Crippen LogP contribution in [0.1, 0.15) is 54.6 Å². The summed E-state index contributed by atoms with van der Waals surface area (Å²) in [6, 6.07) is 22.6. The molecule has 280 valence electrons. The topological polar surface area (TPSA) is 184 Å². The van der Waals surface area contributed by atoms with E-state index in [2.05, 4.69) is 55.4 Å². The molecular formula is C38H43ClN12O3. The molecule has 5 heterocycles. The molecule has 1 aliphatic carbocycles. The zero-order valence-electron chi connectivity index (χ0n) is 29.7. The van der Waals surface area contributed by atoms with Crippen molar-refractivity contribution < 1.29 is 15.0 Å². The fourth-order valence-corrected chi connectivity index (χ4v) is 7.38. The van der Waals surface area contributed by atoms with E-state index in [9.17, 15) is 15.0 Å². The van der Waals surface area contributed by atoms with E-state index in [-0.39, 0.29) is 30.4 Å². The lowest BCUT2D eigenvalue weighted by molar-refractivity contribution is 0.00497. The van der Waals surface area contributed by atoms with Gasteiger partial charge in [0.1, 0.15) is 18.2 Å². The van der Waals surface area contributed by atoms with Gasteiger partial charge in [0.05, 0.1) is 24.3 Å². The molecule has 15 nitrogen and oxygen atoms in total. The molecular weight excluding hydrogens is 708 g/mol. The normalized spacial score (nSPS) is 21.0. The van der Waals surface area contributed by atoms with Crippen LogP contribution in [-0.2, 0) is 6.42 Å². The summed E-state index contributed by atoms with van der Waals surface area (Å²) in [6.07, 6.45) is 6.20. The Morgan fingerprint density at radius 3 is 2.33 bits per heavy atom. The first-order valence-electron chi connectivity index (χ1n) is 18.0. The molecule has 4 aromatic heterocycles. The van der Waals surface area contributed by atoms with Crippen molar-refractivity contribution in [3.05, 3.63) is 115 Å². The first kappa shape index (κ1) is 36.7. The molecule has 0 spiro atoms. The minimum atomic E-state index is -1.11. The van der Waals surface area contributed by atoms with Crippen molar-refractivity contribution in [2.45, 2.75) is 62.4 Å². The smallest absolute Gasteiger partial charge is 0.319 e. The molecule has 2 fully saturated rings. The molecule has 8 rings (SSSR count). The first-order valence-corrected chi connectivity index (χ1v) is 18.0. The Bertz CT molecular complexity index is 2110. The van der Waals surface area contributed by atoms with Crippen molar-refractivity contribution >= 4 is 47.1 Å². The molecule has 16 heteroatoms. The quantitative estimate of drug-likeness (QED) is 0.127. The summed E-state index contributed by atoms with van der Waals surface area (Å²) in [6.45, 7) is 3.64. The maximum atomic E-state index is 12.8. The monoisotopic (exact) mass is 750 g/mol. The molecule has 0 unspecified atom stereocenters. The number of pyridine rings is 1. The average Bonchev–Trinajstić information content (AvgIpc) is 4.00. The number of benzene rings is 2. The second kappa shape index (κ2) is 16.2. The van der Waals surface area contributed by atoms with Crippen molar-refractivity contribution in [2.75, 3.05) is 35.2 Å². The third-order valence-electron chi connectivity index (χ3n) is 10.2. The van der Waals surface area contributed by atoms with Crippen molar-refractivity contribution in [3.63, 3.8) is 0 Å². The van der Waals surface area contributed by atoms with Gasteiger partial charge in [-0.05, 0) is 42.5 Å². The summed E-state index contributed by atoms with van der Waals surface area (Å²) in [7, 11) is 0. The largest absolute Gasteiger partial charge is 0.388 e. The third-order valence-corrected chi connectivity index (χ3v) is 10.2. The fourth-order valence-electron chi connectivity index (χ4n) is 7.38. The van der Waals surface area contributed by atoms with Crippen LogP contribution < -0.4 is 20.9 Å². The number of urea groups is 1. The van der Waals surface area contributed by atoms with E-state index in [1.54, 1.807) is 37.1 Å². The molecule has 1 saturated carbocycles. The first-order chi connectivity index (χ1) is 25.9. The van der Waals surface area contributed by atoms with Crippen LogP contribution in [0.3, 0.4) is 0 Å². The number of hydrogen-bond donors (Lipinski definition) is 5. The van der Waals surface area contributed by atoms with E-state index in [4.69, 9.17) is 15.0 Å². The molecule has 54 heavy (non-hydrogen) atoms. The number of amides is 2. The van der Waals surface area contributed by atoms with Crippen molar-refractivity contribution in [2.24, 2.45) is 0 Å². The standard InChI is InChI=1S/C38H42N12O3.ClH/c1-2-26-20-42-50(47-26)31-19-30(33(51)34(31)52)49-23-41-32-35(40-21-29(24-9-5-3-6-10-24)25-11-7-4-8-12-25)45-37(46-36(32)49)48-18-15-28(22-48)44-38(53)43-27-13-16-39-17-14-27;/h3-14,16-17,20,23,28-31,33-34,51-52H,2,15,18-19,21-22H2,1H3,(H,40,45,46)(H2,39,43,44,53);1H/t28-,30-,31+,33+,34-;/m1./s1. The highest BCUT2D eigenvalue weighted by atomic mass is 35.5. The lowest BCUT2D eigenvalue weighted by Gasteiger charge is -2.22. The van der Waals surface area contributed by atoms with Gasteiger partial charge in [0.2, 0.25) is 5.95 Å². The number of anilines is 3. The van der Waals surface area contributed by atoms with Crippen LogP contribution in [0, 0.1) is 0 Å². The van der Waals surface area contributed by atoms with Crippen LogP contribution in [0.4, 0.5) is 22.2 Å². The zero-order chi connectivity index (χ0) is 36.3. The number of aliphatic hydroxyl groups is 2. The van der Waals surface area contributed by atoms with Gasteiger partial charge in [-0.25, -0.2) is 9.78 Å². The molecule has 5 N–H and O–H groups in total. The van der Waals surface area contributed by atoms with E-state index in [0.29, 0.717) is 67.5 Å². The Balaban J connectivity index is 0.00000450. The summed E-state index contributed by atoms with van der Waals surface area (Å²) in [5.74, 6) is 1.05. The van der Waals surface area contributed by atoms with Crippen LogP contribution in [0.5, 0.6) is 0 Å². The van der Waals surface area contributed by atoms with Crippen molar-refractivity contribution in [1.29, 1.82) is 0 Å². The maximum absolute atomic E-state index is 12.8. The number of aromatic nitrogens is 8. The van der Waals surface area contributed by atoms with Crippen LogP contribution in [0.2, 0.25) is 0 Å². The minimum Gasteiger partial charge on any atom is -0.388 e. The van der Waals surface area contributed by atoms with Gasteiger partial charge in [-0.1, -0.05) is 67.6 Å². The van der Waals surface area contributed by atoms with Crippen molar-refractivity contribution in [3.8, 4) is 0 Å². The molecule has 1 saturated heterocycles. The van der Waals surface area contributed by atoms with Gasteiger partial charge >= 0.3 is 6.03 Å². The van der Waals surface area contributed by atoms with E-state index < -0.39 is 24.3 Å². The highest BCUT2D eigenvalue weighted by Crippen LogP contribution is 2.40. The number of nitrogens with one attached hydrogen (secondary N) is 3. The summed E-state index contributed by atoms with van der Waals surface area (Å²) >= 11 is 0. The van der Waals surface area contributed by atoms with Crippen molar-refractivity contribution in [1.82, 2.24) is 44.8 Å². The number of rotatable bonds is 11. The molecule has 2 aliphatic rings. The van der Waals surface area contributed by atoms with Gasteiger partial charge in [0, 0.05) is 49.7 Å². The number of halogens is 1. The molecule has 6 aromatic rings. The van der Waals surface area contributed by atoms with Crippen LogP contribution >= 0.6 is 12.4 Å². The Kier molecular flexibility index (Phi) is 11.0. The predicted octanol–water partition coefficient (Wildman–Crippen LogP) is 4.35. The summed E-state index contributed by atoms with van der Waals surface area (Å²) in [5, 5.41) is 41.0. The Hall–Kier alpha value is -5.64.